The molecule has 1 saturated carbocycles. The first-order valence-electron chi connectivity index (χ1n) is 9.62. The number of benzene rings is 1. The van der Waals surface area contributed by atoms with E-state index in [0.29, 0.717) is 5.92 Å². The van der Waals surface area contributed by atoms with Gasteiger partial charge in [-0.1, -0.05) is 30.3 Å². The molecule has 1 atom stereocenters. The third kappa shape index (κ3) is 5.82. The maximum atomic E-state index is 4.82. The summed E-state index contributed by atoms with van der Waals surface area (Å²) in [6, 6.07) is 10.8. The Morgan fingerprint density at radius 3 is 2.71 bits per heavy atom. The fourth-order valence-corrected chi connectivity index (χ4v) is 3.32. The van der Waals surface area contributed by atoms with Gasteiger partial charge >= 0.3 is 0 Å². The van der Waals surface area contributed by atoms with Crippen molar-refractivity contribution in [2.24, 2.45) is 16.8 Å². The highest BCUT2D eigenvalue weighted by Crippen LogP contribution is 2.27. The van der Waals surface area contributed by atoms with Crippen LogP contribution in [0.2, 0.25) is 0 Å². The van der Waals surface area contributed by atoms with Crippen molar-refractivity contribution in [3.63, 3.8) is 0 Å². The first-order valence-corrected chi connectivity index (χ1v) is 9.62. The minimum atomic E-state index is 0.706. The SMILES string of the molecule is CCNC(=NCC1CCN(CCc2ccccc2)C1)NCC1CC1. The monoisotopic (exact) mass is 328 g/mol. The fraction of sp³-hybridized carbons (Fsp3) is 0.650. The summed E-state index contributed by atoms with van der Waals surface area (Å²) in [6.45, 7) is 8.68. The number of hydrogen-bond acceptors (Lipinski definition) is 2. The normalized spacial score (nSPS) is 21.9. The molecule has 3 rings (SSSR count). The van der Waals surface area contributed by atoms with Crippen LogP contribution in [0.3, 0.4) is 0 Å². The average Bonchev–Trinajstić information content (AvgIpc) is 3.34. The number of hydrogen-bond donors (Lipinski definition) is 2. The van der Waals surface area contributed by atoms with E-state index in [1.165, 1.54) is 44.5 Å². The summed E-state index contributed by atoms with van der Waals surface area (Å²) < 4.78 is 0. The zero-order valence-electron chi connectivity index (χ0n) is 15.0. The molecule has 0 amide bonds. The lowest BCUT2D eigenvalue weighted by atomic mass is 10.1. The molecule has 1 aliphatic carbocycles. The van der Waals surface area contributed by atoms with Gasteiger partial charge in [-0.2, -0.15) is 0 Å². The van der Waals surface area contributed by atoms with Crippen LogP contribution in [0.5, 0.6) is 0 Å². The minimum Gasteiger partial charge on any atom is -0.357 e. The number of guanidine groups is 1. The molecular formula is C20H32N4. The Morgan fingerprint density at radius 2 is 1.96 bits per heavy atom. The smallest absolute Gasteiger partial charge is 0.191 e. The Hall–Kier alpha value is -1.55. The van der Waals surface area contributed by atoms with E-state index >= 15 is 0 Å². The van der Waals surface area contributed by atoms with E-state index in [1.807, 2.05) is 0 Å². The lowest BCUT2D eigenvalue weighted by Crippen LogP contribution is -2.38. The number of nitrogens with one attached hydrogen (secondary N) is 2. The molecule has 1 heterocycles. The molecule has 4 heteroatoms. The van der Waals surface area contributed by atoms with Crippen molar-refractivity contribution in [3.8, 4) is 0 Å². The van der Waals surface area contributed by atoms with E-state index in [1.54, 1.807) is 0 Å². The molecule has 1 unspecified atom stereocenters. The largest absolute Gasteiger partial charge is 0.357 e. The average molecular weight is 329 g/mol. The van der Waals surface area contributed by atoms with E-state index in [-0.39, 0.29) is 0 Å². The lowest BCUT2D eigenvalue weighted by molar-refractivity contribution is 0.329. The second-order valence-electron chi connectivity index (χ2n) is 7.23. The van der Waals surface area contributed by atoms with Gasteiger partial charge in [0.15, 0.2) is 5.96 Å². The number of rotatable bonds is 8. The van der Waals surface area contributed by atoms with Gasteiger partial charge in [-0.3, -0.25) is 4.99 Å². The second kappa shape index (κ2) is 9.07. The van der Waals surface area contributed by atoms with E-state index in [2.05, 4.69) is 52.8 Å². The first kappa shape index (κ1) is 17.3. The van der Waals surface area contributed by atoms with Gasteiger partial charge in [-0.25, -0.2) is 0 Å². The van der Waals surface area contributed by atoms with Gasteiger partial charge in [0.1, 0.15) is 0 Å². The molecule has 1 aromatic rings. The molecule has 4 nitrogen and oxygen atoms in total. The molecule has 0 aromatic heterocycles. The van der Waals surface area contributed by atoms with Crippen LogP contribution in [0.1, 0.15) is 31.7 Å². The van der Waals surface area contributed by atoms with E-state index in [0.717, 1.165) is 37.9 Å². The maximum absolute atomic E-state index is 4.82. The second-order valence-corrected chi connectivity index (χ2v) is 7.23. The van der Waals surface area contributed by atoms with Crippen molar-refractivity contribution >= 4 is 5.96 Å². The quantitative estimate of drug-likeness (QED) is 0.569. The van der Waals surface area contributed by atoms with Gasteiger partial charge < -0.3 is 15.5 Å². The molecule has 2 aliphatic rings. The Kier molecular flexibility index (Phi) is 6.53. The van der Waals surface area contributed by atoms with Crippen molar-refractivity contribution in [1.29, 1.82) is 0 Å². The van der Waals surface area contributed by atoms with Crippen LogP contribution in [0.25, 0.3) is 0 Å². The topological polar surface area (TPSA) is 39.7 Å². The van der Waals surface area contributed by atoms with Crippen LogP contribution in [0, 0.1) is 11.8 Å². The highest BCUT2D eigenvalue weighted by molar-refractivity contribution is 5.79. The van der Waals surface area contributed by atoms with Crippen molar-refractivity contribution in [2.45, 2.75) is 32.6 Å². The molecule has 0 radical (unpaired) electrons. The van der Waals surface area contributed by atoms with Crippen LogP contribution in [0.15, 0.2) is 35.3 Å². The summed E-state index contributed by atoms with van der Waals surface area (Å²) >= 11 is 0. The third-order valence-electron chi connectivity index (χ3n) is 5.04. The summed E-state index contributed by atoms with van der Waals surface area (Å²) in [7, 11) is 0. The van der Waals surface area contributed by atoms with Gasteiger partial charge in [0, 0.05) is 32.7 Å². The molecule has 0 bridgehead atoms. The fourth-order valence-electron chi connectivity index (χ4n) is 3.32. The van der Waals surface area contributed by atoms with Crippen LogP contribution >= 0.6 is 0 Å². The predicted octanol–water partition coefficient (Wildman–Crippen LogP) is 2.52. The summed E-state index contributed by atoms with van der Waals surface area (Å²) in [5.74, 6) is 2.60. The van der Waals surface area contributed by atoms with Crippen molar-refractivity contribution < 1.29 is 0 Å². The summed E-state index contributed by atoms with van der Waals surface area (Å²) in [5.41, 5.74) is 1.44. The molecular weight excluding hydrogens is 296 g/mol. The maximum Gasteiger partial charge on any atom is 0.191 e. The molecule has 132 valence electrons. The standard InChI is InChI=1S/C20H32N4/c1-2-21-20(22-14-18-8-9-18)23-15-19-11-13-24(16-19)12-10-17-6-4-3-5-7-17/h3-7,18-19H,2,8-16H2,1H3,(H2,21,22,23). The molecule has 2 N–H and O–H groups in total. The van der Waals surface area contributed by atoms with Crippen LogP contribution in [0.4, 0.5) is 0 Å². The number of likely N-dealkylation sites (tertiary alicyclic amines) is 1. The molecule has 1 aliphatic heterocycles. The Balaban J connectivity index is 1.38. The van der Waals surface area contributed by atoms with Gasteiger partial charge in [-0.15, -0.1) is 0 Å². The molecule has 1 saturated heterocycles. The molecule has 0 spiro atoms. The number of aliphatic imine (C=N–C) groups is 1. The van der Waals surface area contributed by atoms with Crippen LogP contribution in [-0.4, -0.2) is 50.1 Å². The third-order valence-corrected chi connectivity index (χ3v) is 5.04. The van der Waals surface area contributed by atoms with E-state index < -0.39 is 0 Å². The summed E-state index contributed by atoms with van der Waals surface area (Å²) in [4.78, 5) is 7.41. The van der Waals surface area contributed by atoms with E-state index in [4.69, 9.17) is 4.99 Å². The minimum absolute atomic E-state index is 0.706. The highest BCUT2D eigenvalue weighted by Gasteiger charge is 2.23. The van der Waals surface area contributed by atoms with Crippen molar-refractivity contribution in [3.05, 3.63) is 35.9 Å². The van der Waals surface area contributed by atoms with Gasteiger partial charge in [0.05, 0.1) is 0 Å². The molecule has 24 heavy (non-hydrogen) atoms. The molecule has 1 aromatic carbocycles. The Morgan fingerprint density at radius 1 is 1.12 bits per heavy atom. The lowest BCUT2D eigenvalue weighted by Gasteiger charge is -2.16. The summed E-state index contributed by atoms with van der Waals surface area (Å²) in [6.07, 6.45) is 5.19. The van der Waals surface area contributed by atoms with E-state index in [9.17, 15) is 0 Å². The van der Waals surface area contributed by atoms with Gasteiger partial charge in [0.25, 0.3) is 0 Å². The Labute approximate surface area is 146 Å². The van der Waals surface area contributed by atoms with Gasteiger partial charge in [-0.05, 0) is 56.6 Å². The highest BCUT2D eigenvalue weighted by atomic mass is 15.2. The number of nitrogens with zero attached hydrogens (tertiary/aromatic N) is 2. The summed E-state index contributed by atoms with van der Waals surface area (Å²) in [5, 5.41) is 6.86. The zero-order chi connectivity index (χ0) is 16.6. The molecule has 2 fully saturated rings. The Bertz CT molecular complexity index is 510. The predicted molar refractivity (Wildman–Crippen MR) is 101 cm³/mol. The van der Waals surface area contributed by atoms with Crippen molar-refractivity contribution in [1.82, 2.24) is 15.5 Å². The van der Waals surface area contributed by atoms with Crippen molar-refractivity contribution in [2.75, 3.05) is 39.3 Å². The van der Waals surface area contributed by atoms with Crippen LogP contribution in [-0.2, 0) is 6.42 Å². The van der Waals surface area contributed by atoms with Crippen LogP contribution < -0.4 is 10.6 Å². The first-order chi connectivity index (χ1) is 11.8. The van der Waals surface area contributed by atoms with Gasteiger partial charge in [0.2, 0.25) is 0 Å². The zero-order valence-corrected chi connectivity index (χ0v) is 15.0.